The summed E-state index contributed by atoms with van der Waals surface area (Å²) >= 11 is 5.75. The Balaban J connectivity index is 0.00000128. The van der Waals surface area contributed by atoms with E-state index >= 15 is 0 Å². The third-order valence-electron chi connectivity index (χ3n) is 2.74. The largest absolute Gasteiger partial charge is 0.340 e. The number of nitrogens with one attached hydrogen (secondary N) is 1. The Morgan fingerprint density at radius 3 is 2.69 bits per heavy atom. The predicted molar refractivity (Wildman–Crippen MR) is 68.6 cm³/mol. The van der Waals surface area contributed by atoms with Gasteiger partial charge < -0.3 is 10.2 Å². The fourth-order valence-corrected chi connectivity index (χ4v) is 1.91. The third kappa shape index (κ3) is 3.20. The smallest absolute Gasteiger partial charge is 0.225 e. The molecular formula is C10H16Cl2N4. The van der Waals surface area contributed by atoms with Crippen molar-refractivity contribution in [3.63, 3.8) is 0 Å². The van der Waals surface area contributed by atoms with E-state index in [1.807, 2.05) is 7.05 Å². The first-order valence-corrected chi connectivity index (χ1v) is 5.56. The van der Waals surface area contributed by atoms with Crippen LogP contribution >= 0.6 is 24.0 Å². The van der Waals surface area contributed by atoms with E-state index in [0.717, 1.165) is 19.0 Å². The van der Waals surface area contributed by atoms with Crippen molar-refractivity contribution < 1.29 is 0 Å². The van der Waals surface area contributed by atoms with Crippen molar-refractivity contribution >= 4 is 30.0 Å². The van der Waals surface area contributed by atoms with E-state index in [1.54, 1.807) is 12.4 Å². The zero-order valence-electron chi connectivity index (χ0n) is 9.19. The Labute approximate surface area is 107 Å². The third-order valence-corrected chi connectivity index (χ3v) is 2.94. The Morgan fingerprint density at radius 1 is 1.44 bits per heavy atom. The van der Waals surface area contributed by atoms with Crippen LogP contribution in [0.25, 0.3) is 0 Å². The van der Waals surface area contributed by atoms with E-state index < -0.39 is 0 Å². The van der Waals surface area contributed by atoms with Gasteiger partial charge in [-0.25, -0.2) is 9.97 Å². The Hall–Kier alpha value is -0.580. The van der Waals surface area contributed by atoms with Gasteiger partial charge in [-0.2, -0.15) is 0 Å². The Morgan fingerprint density at radius 2 is 2.12 bits per heavy atom. The number of rotatable bonds is 2. The minimum absolute atomic E-state index is 0. The molecule has 1 aliphatic heterocycles. The van der Waals surface area contributed by atoms with Crippen LogP contribution in [0, 0.1) is 0 Å². The van der Waals surface area contributed by atoms with Crippen LogP contribution in [0.15, 0.2) is 12.4 Å². The van der Waals surface area contributed by atoms with Gasteiger partial charge in [0.15, 0.2) is 0 Å². The highest BCUT2D eigenvalue weighted by atomic mass is 35.5. The molecule has 1 aromatic rings. The molecule has 2 rings (SSSR count). The highest BCUT2D eigenvalue weighted by Gasteiger charge is 2.19. The van der Waals surface area contributed by atoms with Crippen LogP contribution in [0.3, 0.4) is 0 Å². The Kier molecular flexibility index (Phi) is 5.25. The van der Waals surface area contributed by atoms with E-state index in [1.165, 1.54) is 12.8 Å². The van der Waals surface area contributed by atoms with Crippen LogP contribution in [0.5, 0.6) is 0 Å². The van der Waals surface area contributed by atoms with Gasteiger partial charge in [-0.05, 0) is 19.4 Å². The summed E-state index contributed by atoms with van der Waals surface area (Å²) in [5, 5.41) is 3.95. The summed E-state index contributed by atoms with van der Waals surface area (Å²) in [6.07, 6.45) is 5.67. The molecule has 2 heterocycles. The molecule has 6 heteroatoms. The summed E-state index contributed by atoms with van der Waals surface area (Å²) in [6.45, 7) is 2.12. The highest BCUT2D eigenvalue weighted by molar-refractivity contribution is 6.30. The standard InChI is InChI=1S/C10H15ClN4.ClH/c1-15(9-3-2-4-12-7-9)10-13-5-8(11)6-14-10;/h5-6,9,12H,2-4,7H2,1H3;1H/t9-;/m0./s1. The second-order valence-corrected chi connectivity index (χ2v) is 4.25. The van der Waals surface area contributed by atoms with Crippen molar-refractivity contribution in [3.8, 4) is 0 Å². The first-order valence-electron chi connectivity index (χ1n) is 5.18. The zero-order valence-corrected chi connectivity index (χ0v) is 10.8. The van der Waals surface area contributed by atoms with Crippen molar-refractivity contribution in [3.05, 3.63) is 17.4 Å². The molecule has 0 spiro atoms. The number of anilines is 1. The average molecular weight is 263 g/mol. The number of aromatic nitrogens is 2. The molecule has 1 aliphatic rings. The van der Waals surface area contributed by atoms with Gasteiger partial charge in [0.1, 0.15) is 0 Å². The molecule has 1 fully saturated rings. The van der Waals surface area contributed by atoms with Gasteiger partial charge in [0, 0.05) is 19.6 Å². The number of piperidine rings is 1. The summed E-state index contributed by atoms with van der Waals surface area (Å²) in [4.78, 5) is 10.5. The number of hydrogen-bond donors (Lipinski definition) is 1. The van der Waals surface area contributed by atoms with Crippen molar-refractivity contribution in [2.45, 2.75) is 18.9 Å². The lowest BCUT2D eigenvalue weighted by molar-refractivity contribution is 0.441. The summed E-state index contributed by atoms with van der Waals surface area (Å²) in [5.41, 5.74) is 0. The molecule has 0 unspecified atom stereocenters. The number of nitrogens with zero attached hydrogens (tertiary/aromatic N) is 3. The average Bonchev–Trinajstić information content (AvgIpc) is 2.30. The van der Waals surface area contributed by atoms with Crippen molar-refractivity contribution in [2.24, 2.45) is 0 Å². The quantitative estimate of drug-likeness (QED) is 0.882. The second-order valence-electron chi connectivity index (χ2n) is 3.81. The lowest BCUT2D eigenvalue weighted by Gasteiger charge is -2.31. The van der Waals surface area contributed by atoms with E-state index in [2.05, 4.69) is 20.2 Å². The minimum atomic E-state index is 0. The highest BCUT2D eigenvalue weighted by Crippen LogP contribution is 2.15. The van der Waals surface area contributed by atoms with Crippen LogP contribution in [-0.4, -0.2) is 36.1 Å². The lowest BCUT2D eigenvalue weighted by atomic mass is 10.1. The molecule has 0 saturated carbocycles. The van der Waals surface area contributed by atoms with Gasteiger partial charge in [0.2, 0.25) is 5.95 Å². The maximum absolute atomic E-state index is 5.75. The van der Waals surface area contributed by atoms with Crippen molar-refractivity contribution in [1.29, 1.82) is 0 Å². The SMILES string of the molecule is CN(c1ncc(Cl)cn1)[C@H]1CCCNC1.Cl. The van der Waals surface area contributed by atoms with Gasteiger partial charge in [-0.15, -0.1) is 12.4 Å². The molecule has 4 nitrogen and oxygen atoms in total. The second kappa shape index (κ2) is 6.23. The lowest BCUT2D eigenvalue weighted by Crippen LogP contribution is -2.44. The van der Waals surface area contributed by atoms with E-state index in [4.69, 9.17) is 11.6 Å². The van der Waals surface area contributed by atoms with Gasteiger partial charge in [-0.1, -0.05) is 11.6 Å². The molecule has 0 radical (unpaired) electrons. The molecule has 0 amide bonds. The fourth-order valence-electron chi connectivity index (χ4n) is 1.81. The van der Waals surface area contributed by atoms with Crippen LogP contribution in [0.4, 0.5) is 5.95 Å². The first-order chi connectivity index (χ1) is 7.27. The summed E-state index contributed by atoms with van der Waals surface area (Å²) in [6, 6.07) is 0.486. The number of likely N-dealkylation sites (N-methyl/N-ethyl adjacent to an activating group) is 1. The van der Waals surface area contributed by atoms with Crippen LogP contribution < -0.4 is 10.2 Å². The van der Waals surface area contributed by atoms with E-state index in [-0.39, 0.29) is 12.4 Å². The number of halogens is 2. The zero-order chi connectivity index (χ0) is 10.7. The van der Waals surface area contributed by atoms with Crippen LogP contribution in [0.1, 0.15) is 12.8 Å². The van der Waals surface area contributed by atoms with E-state index in [0.29, 0.717) is 11.1 Å². The molecule has 0 aromatic carbocycles. The molecule has 1 N–H and O–H groups in total. The van der Waals surface area contributed by atoms with Gasteiger partial charge in [-0.3, -0.25) is 0 Å². The normalized spacial score (nSPS) is 20.0. The predicted octanol–water partition coefficient (Wildman–Crippen LogP) is 1.74. The van der Waals surface area contributed by atoms with Crippen molar-refractivity contribution in [2.75, 3.05) is 25.0 Å². The molecule has 1 aromatic heterocycles. The molecular weight excluding hydrogens is 247 g/mol. The summed E-state index contributed by atoms with van der Waals surface area (Å²) in [5.74, 6) is 0.744. The topological polar surface area (TPSA) is 41.1 Å². The van der Waals surface area contributed by atoms with Crippen molar-refractivity contribution in [1.82, 2.24) is 15.3 Å². The monoisotopic (exact) mass is 262 g/mol. The van der Waals surface area contributed by atoms with Crippen LogP contribution in [0.2, 0.25) is 5.02 Å². The number of hydrogen-bond acceptors (Lipinski definition) is 4. The fraction of sp³-hybridized carbons (Fsp3) is 0.600. The molecule has 16 heavy (non-hydrogen) atoms. The Bertz CT molecular complexity index is 311. The maximum atomic E-state index is 5.75. The molecule has 1 saturated heterocycles. The molecule has 90 valence electrons. The molecule has 0 aliphatic carbocycles. The molecule has 0 bridgehead atoms. The first kappa shape index (κ1) is 13.5. The molecule has 1 atom stereocenters. The van der Waals surface area contributed by atoms with Gasteiger partial charge in [0.25, 0.3) is 0 Å². The van der Waals surface area contributed by atoms with E-state index in [9.17, 15) is 0 Å². The summed E-state index contributed by atoms with van der Waals surface area (Å²) < 4.78 is 0. The van der Waals surface area contributed by atoms with Gasteiger partial charge >= 0.3 is 0 Å². The maximum Gasteiger partial charge on any atom is 0.225 e. The van der Waals surface area contributed by atoms with Crippen LogP contribution in [-0.2, 0) is 0 Å². The summed E-state index contributed by atoms with van der Waals surface area (Å²) in [7, 11) is 2.03. The minimum Gasteiger partial charge on any atom is -0.340 e. The van der Waals surface area contributed by atoms with Gasteiger partial charge in [0.05, 0.1) is 17.4 Å².